The third-order valence-corrected chi connectivity index (χ3v) is 5.22. The van der Waals surface area contributed by atoms with Crippen LogP contribution in [-0.4, -0.2) is 25.2 Å². The number of nitrogens with zero attached hydrogens (tertiary/aromatic N) is 1. The van der Waals surface area contributed by atoms with E-state index in [2.05, 4.69) is 34.2 Å². The number of thiazole rings is 1. The van der Waals surface area contributed by atoms with Gasteiger partial charge in [-0.05, 0) is 25.1 Å². The van der Waals surface area contributed by atoms with Gasteiger partial charge in [-0.2, -0.15) is 0 Å². The van der Waals surface area contributed by atoms with Gasteiger partial charge in [0.25, 0.3) is 0 Å². The van der Waals surface area contributed by atoms with Crippen LogP contribution in [0.25, 0.3) is 10.6 Å². The maximum absolute atomic E-state index is 5.44. The first-order valence-corrected chi connectivity index (χ1v) is 7.82. The van der Waals surface area contributed by atoms with Crippen LogP contribution >= 0.6 is 27.3 Å². The molecule has 0 aliphatic carbocycles. The van der Waals surface area contributed by atoms with Crippen LogP contribution in [0.3, 0.4) is 0 Å². The first kappa shape index (κ1) is 13.1. The highest BCUT2D eigenvalue weighted by atomic mass is 79.9. The van der Waals surface area contributed by atoms with Crippen LogP contribution in [0.4, 0.5) is 0 Å². The van der Waals surface area contributed by atoms with Gasteiger partial charge in [0.15, 0.2) is 0 Å². The maximum atomic E-state index is 5.44. The quantitative estimate of drug-likeness (QED) is 0.928. The molecule has 1 aliphatic rings. The predicted molar refractivity (Wildman–Crippen MR) is 82.1 cm³/mol. The molecule has 19 heavy (non-hydrogen) atoms. The van der Waals surface area contributed by atoms with Crippen LogP contribution in [0.2, 0.25) is 0 Å². The summed E-state index contributed by atoms with van der Waals surface area (Å²) in [5.74, 6) is 1.50. The molecule has 2 aromatic rings. The van der Waals surface area contributed by atoms with Crippen molar-refractivity contribution in [2.24, 2.45) is 0 Å². The topological polar surface area (TPSA) is 34.1 Å². The van der Waals surface area contributed by atoms with Crippen molar-refractivity contribution in [1.82, 2.24) is 10.3 Å². The molecule has 3 nitrogen and oxygen atoms in total. The zero-order chi connectivity index (χ0) is 13.4. The molecule has 0 bridgehead atoms. The smallest absolute Gasteiger partial charge is 0.129 e. The Hall–Kier alpha value is -0.910. The largest absolute Gasteiger partial charge is 0.496 e. The van der Waals surface area contributed by atoms with Crippen LogP contribution in [-0.2, 0) is 0 Å². The Balaban J connectivity index is 2.04. The van der Waals surface area contributed by atoms with E-state index < -0.39 is 0 Å². The maximum Gasteiger partial charge on any atom is 0.129 e. The van der Waals surface area contributed by atoms with E-state index in [9.17, 15) is 0 Å². The summed E-state index contributed by atoms with van der Waals surface area (Å²) in [6, 6.07) is 6.03. The Morgan fingerprint density at radius 1 is 1.42 bits per heavy atom. The van der Waals surface area contributed by atoms with E-state index in [0.29, 0.717) is 5.92 Å². The first-order valence-electron chi connectivity index (χ1n) is 6.21. The molecular formula is C14H15BrN2OS. The standard InChI is InChI=1S/C14H15BrN2OS/c1-8-13(9-6-16-7-9)19-14(17-8)11-5-10(15)3-4-12(11)18-2/h3-5,9,16H,6-7H2,1-2H3. The Bertz CT molecular complexity index is 607. The van der Waals surface area contributed by atoms with Gasteiger partial charge in [0.1, 0.15) is 10.8 Å². The molecule has 0 unspecified atom stereocenters. The number of rotatable bonds is 3. The van der Waals surface area contributed by atoms with Gasteiger partial charge < -0.3 is 10.1 Å². The summed E-state index contributed by atoms with van der Waals surface area (Å²) < 4.78 is 6.48. The third-order valence-electron chi connectivity index (χ3n) is 3.38. The number of halogens is 1. The molecule has 1 aromatic heterocycles. The van der Waals surface area contributed by atoms with Crippen molar-refractivity contribution < 1.29 is 4.74 Å². The van der Waals surface area contributed by atoms with E-state index in [1.807, 2.05) is 12.1 Å². The minimum Gasteiger partial charge on any atom is -0.496 e. The zero-order valence-electron chi connectivity index (χ0n) is 10.9. The summed E-state index contributed by atoms with van der Waals surface area (Å²) in [5.41, 5.74) is 2.21. The molecule has 1 aromatic carbocycles. The van der Waals surface area contributed by atoms with Crippen molar-refractivity contribution in [3.8, 4) is 16.3 Å². The number of hydrogen-bond donors (Lipinski definition) is 1. The highest BCUT2D eigenvalue weighted by Crippen LogP contribution is 2.39. The average Bonchev–Trinajstić information content (AvgIpc) is 2.69. The summed E-state index contributed by atoms with van der Waals surface area (Å²) in [5, 5.41) is 4.35. The Kier molecular flexibility index (Phi) is 3.60. The van der Waals surface area contributed by atoms with E-state index in [1.165, 1.54) is 4.88 Å². The Morgan fingerprint density at radius 3 is 2.84 bits per heavy atom. The summed E-state index contributed by atoms with van der Waals surface area (Å²) in [7, 11) is 1.70. The fourth-order valence-electron chi connectivity index (χ4n) is 2.22. The number of aromatic nitrogens is 1. The number of benzene rings is 1. The van der Waals surface area contributed by atoms with Crippen LogP contribution in [0.5, 0.6) is 5.75 Å². The predicted octanol–water partition coefficient (Wildman–Crippen LogP) is 3.58. The zero-order valence-corrected chi connectivity index (χ0v) is 13.3. The molecule has 5 heteroatoms. The van der Waals surface area contributed by atoms with Gasteiger partial charge in [-0.1, -0.05) is 15.9 Å². The number of hydrogen-bond acceptors (Lipinski definition) is 4. The molecule has 0 atom stereocenters. The van der Waals surface area contributed by atoms with Crippen LogP contribution in [0.15, 0.2) is 22.7 Å². The molecular weight excluding hydrogens is 324 g/mol. The van der Waals surface area contributed by atoms with E-state index in [0.717, 1.165) is 39.6 Å². The molecule has 0 saturated carbocycles. The van der Waals surface area contributed by atoms with E-state index >= 15 is 0 Å². The van der Waals surface area contributed by atoms with E-state index in [-0.39, 0.29) is 0 Å². The fourth-order valence-corrected chi connectivity index (χ4v) is 3.77. The minimum atomic E-state index is 0.629. The number of methoxy groups -OCH3 is 1. The summed E-state index contributed by atoms with van der Waals surface area (Å²) in [6.45, 7) is 4.23. The number of aryl methyl sites for hydroxylation is 1. The molecule has 0 radical (unpaired) electrons. The van der Waals surface area contributed by atoms with Crippen molar-refractivity contribution in [1.29, 1.82) is 0 Å². The second kappa shape index (κ2) is 5.23. The van der Waals surface area contributed by atoms with Gasteiger partial charge in [-0.25, -0.2) is 4.98 Å². The van der Waals surface area contributed by atoms with Crippen LogP contribution < -0.4 is 10.1 Å². The van der Waals surface area contributed by atoms with Gasteiger partial charge in [0.2, 0.25) is 0 Å². The lowest BCUT2D eigenvalue weighted by molar-refractivity contribution is 0.416. The highest BCUT2D eigenvalue weighted by Gasteiger charge is 2.24. The summed E-state index contributed by atoms with van der Waals surface area (Å²) in [6.07, 6.45) is 0. The Morgan fingerprint density at radius 2 is 2.21 bits per heavy atom. The highest BCUT2D eigenvalue weighted by molar-refractivity contribution is 9.10. The molecule has 3 rings (SSSR count). The van der Waals surface area contributed by atoms with Gasteiger partial charge in [0.05, 0.1) is 18.4 Å². The lowest BCUT2D eigenvalue weighted by Crippen LogP contribution is -2.39. The van der Waals surface area contributed by atoms with Gasteiger partial charge in [-0.15, -0.1) is 11.3 Å². The molecule has 100 valence electrons. The van der Waals surface area contributed by atoms with Crippen molar-refractivity contribution in [3.63, 3.8) is 0 Å². The molecule has 0 amide bonds. The minimum absolute atomic E-state index is 0.629. The third kappa shape index (κ3) is 2.42. The fraction of sp³-hybridized carbons (Fsp3) is 0.357. The van der Waals surface area contributed by atoms with Gasteiger partial charge >= 0.3 is 0 Å². The second-order valence-corrected chi connectivity index (χ2v) is 6.61. The molecule has 1 aliphatic heterocycles. The summed E-state index contributed by atoms with van der Waals surface area (Å²) in [4.78, 5) is 6.12. The van der Waals surface area contributed by atoms with Crippen molar-refractivity contribution in [2.75, 3.05) is 20.2 Å². The number of nitrogens with one attached hydrogen (secondary N) is 1. The van der Waals surface area contributed by atoms with Gasteiger partial charge in [-0.3, -0.25) is 0 Å². The molecule has 1 N–H and O–H groups in total. The van der Waals surface area contributed by atoms with Crippen molar-refractivity contribution >= 4 is 27.3 Å². The first-order chi connectivity index (χ1) is 9.19. The lowest BCUT2D eigenvalue weighted by atomic mass is 10.0. The number of ether oxygens (including phenoxy) is 1. The normalized spacial score (nSPS) is 15.3. The monoisotopic (exact) mass is 338 g/mol. The molecule has 1 saturated heterocycles. The van der Waals surface area contributed by atoms with E-state index in [1.54, 1.807) is 18.4 Å². The van der Waals surface area contributed by atoms with Crippen molar-refractivity contribution in [2.45, 2.75) is 12.8 Å². The SMILES string of the molecule is COc1ccc(Br)cc1-c1nc(C)c(C2CNC2)s1. The second-order valence-electron chi connectivity index (χ2n) is 4.67. The van der Waals surface area contributed by atoms with Crippen molar-refractivity contribution in [3.05, 3.63) is 33.2 Å². The van der Waals surface area contributed by atoms with Gasteiger partial charge in [0, 0.05) is 28.4 Å². The summed E-state index contributed by atoms with van der Waals surface area (Å²) >= 11 is 5.30. The lowest BCUT2D eigenvalue weighted by Gasteiger charge is -2.26. The van der Waals surface area contributed by atoms with Crippen LogP contribution in [0.1, 0.15) is 16.5 Å². The van der Waals surface area contributed by atoms with Crippen LogP contribution in [0, 0.1) is 6.92 Å². The molecule has 2 heterocycles. The average molecular weight is 339 g/mol. The van der Waals surface area contributed by atoms with E-state index in [4.69, 9.17) is 9.72 Å². The molecule has 0 spiro atoms. The molecule has 1 fully saturated rings. The Labute approximate surface area is 125 Å².